The van der Waals surface area contributed by atoms with Crippen LogP contribution in [-0.2, 0) is 9.59 Å². The molecule has 0 spiro atoms. The maximum Gasteiger partial charge on any atom is 0.306 e. The van der Waals surface area contributed by atoms with E-state index in [1.165, 1.54) is 5.56 Å². The molecule has 1 amide bonds. The number of aliphatic carboxylic acids is 1. The predicted octanol–water partition coefficient (Wildman–Crippen LogP) is 2.89. The lowest BCUT2D eigenvalue weighted by molar-refractivity contribution is -0.145. The smallest absolute Gasteiger partial charge is 0.306 e. The Balaban J connectivity index is 1.60. The third-order valence-corrected chi connectivity index (χ3v) is 5.14. The maximum absolute atomic E-state index is 12.7. The first-order valence-corrected chi connectivity index (χ1v) is 8.21. The number of carbonyl (C=O) groups is 2. The zero-order valence-electron chi connectivity index (χ0n) is 12.8. The van der Waals surface area contributed by atoms with E-state index >= 15 is 0 Å². The van der Waals surface area contributed by atoms with Gasteiger partial charge in [-0.15, -0.1) is 0 Å². The van der Waals surface area contributed by atoms with Gasteiger partial charge in [-0.3, -0.25) is 9.59 Å². The molecule has 1 aliphatic heterocycles. The highest BCUT2D eigenvalue weighted by Gasteiger charge is 2.36. The fourth-order valence-electron chi connectivity index (χ4n) is 3.85. The lowest BCUT2D eigenvalue weighted by Crippen LogP contribution is -2.37. The summed E-state index contributed by atoms with van der Waals surface area (Å²) in [5.41, 5.74) is 1.30. The van der Waals surface area contributed by atoms with Crippen molar-refractivity contribution in [1.82, 2.24) is 4.90 Å². The lowest BCUT2D eigenvalue weighted by Gasteiger charge is -2.29. The van der Waals surface area contributed by atoms with Gasteiger partial charge in [-0.05, 0) is 31.2 Å². The Morgan fingerprint density at radius 1 is 1.05 bits per heavy atom. The largest absolute Gasteiger partial charge is 0.481 e. The number of carboxylic acid groups (broad SMARTS) is 1. The third-order valence-electron chi connectivity index (χ3n) is 5.14. The Kier molecular flexibility index (Phi) is 4.46. The Morgan fingerprint density at radius 2 is 1.77 bits per heavy atom. The second-order valence-electron chi connectivity index (χ2n) is 6.58. The van der Waals surface area contributed by atoms with Gasteiger partial charge < -0.3 is 10.0 Å². The fraction of sp³-hybridized carbons (Fsp3) is 0.556. The molecule has 2 aliphatic rings. The minimum Gasteiger partial charge on any atom is -0.481 e. The molecule has 0 unspecified atom stereocenters. The fourth-order valence-corrected chi connectivity index (χ4v) is 3.85. The molecule has 1 saturated carbocycles. The molecule has 1 saturated heterocycles. The van der Waals surface area contributed by atoms with E-state index in [4.69, 9.17) is 5.11 Å². The number of likely N-dealkylation sites (tertiary alicyclic amines) is 1. The highest BCUT2D eigenvalue weighted by Crippen LogP contribution is 2.33. The second kappa shape index (κ2) is 6.51. The van der Waals surface area contributed by atoms with Crippen molar-refractivity contribution in [3.63, 3.8) is 0 Å². The summed E-state index contributed by atoms with van der Waals surface area (Å²) in [6, 6.07) is 10.3. The molecule has 4 nitrogen and oxygen atoms in total. The molecule has 1 heterocycles. The van der Waals surface area contributed by atoms with Gasteiger partial charge >= 0.3 is 5.97 Å². The Bertz CT molecular complexity index is 543. The van der Waals surface area contributed by atoms with Crippen molar-refractivity contribution < 1.29 is 14.7 Å². The zero-order valence-corrected chi connectivity index (χ0v) is 12.8. The summed E-state index contributed by atoms with van der Waals surface area (Å²) in [6.07, 6.45) is 3.93. The third kappa shape index (κ3) is 3.16. The summed E-state index contributed by atoms with van der Waals surface area (Å²) in [7, 11) is 0. The van der Waals surface area contributed by atoms with Crippen LogP contribution in [0.3, 0.4) is 0 Å². The molecular formula is C18H23NO3. The van der Waals surface area contributed by atoms with E-state index < -0.39 is 5.97 Å². The van der Waals surface area contributed by atoms with Crippen LogP contribution >= 0.6 is 0 Å². The minimum atomic E-state index is -0.749. The molecular weight excluding hydrogens is 278 g/mol. The number of amides is 1. The summed E-state index contributed by atoms with van der Waals surface area (Å²) >= 11 is 0. The van der Waals surface area contributed by atoms with Gasteiger partial charge in [-0.25, -0.2) is 0 Å². The highest BCUT2D eigenvalue weighted by molar-refractivity contribution is 5.80. The number of carbonyl (C=O) groups excluding carboxylic acids is 1. The van der Waals surface area contributed by atoms with Crippen molar-refractivity contribution in [2.45, 2.75) is 38.0 Å². The quantitative estimate of drug-likeness (QED) is 0.934. The van der Waals surface area contributed by atoms with E-state index in [2.05, 4.69) is 12.1 Å². The molecule has 0 aromatic heterocycles. The number of hydrogen-bond acceptors (Lipinski definition) is 2. The summed E-state index contributed by atoms with van der Waals surface area (Å²) in [4.78, 5) is 25.8. The summed E-state index contributed by atoms with van der Waals surface area (Å²) in [5.74, 6) is -0.589. The van der Waals surface area contributed by atoms with Crippen molar-refractivity contribution >= 4 is 11.9 Å². The van der Waals surface area contributed by atoms with Crippen molar-refractivity contribution in [2.24, 2.45) is 11.8 Å². The van der Waals surface area contributed by atoms with Crippen LogP contribution in [0, 0.1) is 11.8 Å². The summed E-state index contributed by atoms with van der Waals surface area (Å²) in [5, 5.41) is 9.17. The van der Waals surface area contributed by atoms with Crippen LogP contribution in [0.15, 0.2) is 30.3 Å². The van der Waals surface area contributed by atoms with Crippen LogP contribution < -0.4 is 0 Å². The predicted molar refractivity (Wildman–Crippen MR) is 83.5 cm³/mol. The highest BCUT2D eigenvalue weighted by atomic mass is 16.4. The molecule has 1 aromatic carbocycles. The standard InChI is InChI=1S/C18H23NO3/c20-17(14-7-4-8-15(11-14)18(21)22)19-10-9-16(12-19)13-5-2-1-3-6-13/h1-3,5-6,14-16H,4,7-12H2,(H,21,22)/t14-,15+,16+/m0/s1. The average molecular weight is 301 g/mol. The first kappa shape index (κ1) is 15.1. The number of rotatable bonds is 3. The van der Waals surface area contributed by atoms with Gasteiger partial charge in [-0.1, -0.05) is 36.8 Å². The van der Waals surface area contributed by atoms with Crippen molar-refractivity contribution in [3.05, 3.63) is 35.9 Å². The summed E-state index contributed by atoms with van der Waals surface area (Å²) in [6.45, 7) is 1.57. The molecule has 1 aromatic rings. The molecule has 1 N–H and O–H groups in total. The van der Waals surface area contributed by atoms with Crippen LogP contribution in [0.25, 0.3) is 0 Å². The van der Waals surface area contributed by atoms with Gasteiger partial charge in [0.1, 0.15) is 0 Å². The van der Waals surface area contributed by atoms with E-state index in [9.17, 15) is 9.59 Å². The molecule has 3 rings (SSSR count). The minimum absolute atomic E-state index is 0.0932. The number of carboxylic acids is 1. The van der Waals surface area contributed by atoms with E-state index in [0.717, 1.165) is 32.4 Å². The van der Waals surface area contributed by atoms with E-state index in [1.54, 1.807) is 0 Å². The SMILES string of the molecule is O=C(O)[C@@H]1CCC[C@H](C(=O)N2CC[C@@H](c3ccccc3)C2)C1. The lowest BCUT2D eigenvalue weighted by atomic mass is 9.81. The van der Waals surface area contributed by atoms with Crippen molar-refractivity contribution in [3.8, 4) is 0 Å². The normalized spacial score (nSPS) is 28.5. The maximum atomic E-state index is 12.7. The van der Waals surface area contributed by atoms with Crippen LogP contribution in [0.4, 0.5) is 0 Å². The molecule has 2 fully saturated rings. The molecule has 0 bridgehead atoms. The first-order chi connectivity index (χ1) is 10.6. The van der Waals surface area contributed by atoms with Crippen LogP contribution in [0.2, 0.25) is 0 Å². The Morgan fingerprint density at radius 3 is 2.50 bits per heavy atom. The van der Waals surface area contributed by atoms with Gasteiger partial charge in [0.05, 0.1) is 5.92 Å². The van der Waals surface area contributed by atoms with Gasteiger partial charge in [0, 0.05) is 24.9 Å². The number of hydrogen-bond donors (Lipinski definition) is 1. The van der Waals surface area contributed by atoms with Crippen LogP contribution in [0.1, 0.15) is 43.6 Å². The van der Waals surface area contributed by atoms with E-state index in [-0.39, 0.29) is 17.7 Å². The average Bonchev–Trinajstić information content (AvgIpc) is 3.05. The monoisotopic (exact) mass is 301 g/mol. The molecule has 0 radical (unpaired) electrons. The molecule has 3 atom stereocenters. The molecule has 118 valence electrons. The van der Waals surface area contributed by atoms with Gasteiger partial charge in [0.15, 0.2) is 0 Å². The van der Waals surface area contributed by atoms with Crippen LogP contribution in [-0.4, -0.2) is 35.0 Å². The first-order valence-electron chi connectivity index (χ1n) is 8.21. The van der Waals surface area contributed by atoms with E-state index in [0.29, 0.717) is 18.8 Å². The van der Waals surface area contributed by atoms with E-state index in [1.807, 2.05) is 23.1 Å². The van der Waals surface area contributed by atoms with Crippen molar-refractivity contribution in [1.29, 1.82) is 0 Å². The number of benzene rings is 1. The molecule has 1 aliphatic carbocycles. The van der Waals surface area contributed by atoms with Gasteiger partial charge in [0.25, 0.3) is 0 Å². The van der Waals surface area contributed by atoms with Crippen LogP contribution in [0.5, 0.6) is 0 Å². The molecule has 4 heteroatoms. The van der Waals surface area contributed by atoms with Crippen molar-refractivity contribution in [2.75, 3.05) is 13.1 Å². The Hall–Kier alpha value is -1.84. The molecule has 22 heavy (non-hydrogen) atoms. The van der Waals surface area contributed by atoms with Gasteiger partial charge in [0.2, 0.25) is 5.91 Å². The second-order valence-corrected chi connectivity index (χ2v) is 6.58. The van der Waals surface area contributed by atoms with Gasteiger partial charge in [-0.2, -0.15) is 0 Å². The zero-order chi connectivity index (χ0) is 15.5. The number of nitrogens with zero attached hydrogens (tertiary/aromatic N) is 1. The Labute approximate surface area is 131 Å². The topological polar surface area (TPSA) is 57.6 Å². The summed E-state index contributed by atoms with van der Waals surface area (Å²) < 4.78 is 0.